The lowest BCUT2D eigenvalue weighted by molar-refractivity contribution is -0.188. The molecule has 124 valence electrons. The Labute approximate surface area is 123 Å². The van der Waals surface area contributed by atoms with Crippen LogP contribution in [0.25, 0.3) is 0 Å². The van der Waals surface area contributed by atoms with Gasteiger partial charge in [-0.05, 0) is 38.0 Å². The smallest absolute Gasteiger partial charge is 0.369 e. The molecule has 0 heterocycles. The van der Waals surface area contributed by atoms with Crippen LogP contribution in [0, 0.1) is 5.92 Å². The van der Waals surface area contributed by atoms with Crippen LogP contribution in [0.15, 0.2) is 0 Å². The van der Waals surface area contributed by atoms with E-state index in [1.807, 2.05) is 13.8 Å². The highest BCUT2D eigenvalue weighted by Crippen LogP contribution is 2.24. The van der Waals surface area contributed by atoms with Gasteiger partial charge in [-0.25, -0.2) is 0 Å². The molecular weight excluding hydrogens is 285 g/mol. The Bertz CT molecular complexity index is 335. The molecule has 1 fully saturated rings. The third kappa shape index (κ3) is 7.66. The van der Waals surface area contributed by atoms with Crippen molar-refractivity contribution in [2.24, 2.45) is 11.7 Å². The number of ether oxygens (including phenoxy) is 1. The molecule has 0 saturated heterocycles. The molecule has 1 saturated carbocycles. The van der Waals surface area contributed by atoms with Gasteiger partial charge >= 0.3 is 6.18 Å². The fourth-order valence-electron chi connectivity index (χ4n) is 2.56. The Hall–Kier alpha value is -0.820. The van der Waals surface area contributed by atoms with Crippen molar-refractivity contribution < 1.29 is 22.7 Å². The van der Waals surface area contributed by atoms with E-state index in [0.717, 1.165) is 12.8 Å². The summed E-state index contributed by atoms with van der Waals surface area (Å²) in [5.41, 5.74) is 5.79. The average Bonchev–Trinajstić information content (AvgIpc) is 2.35. The quantitative estimate of drug-likeness (QED) is 0.791. The number of hydrogen-bond donors (Lipinski definition) is 2. The zero-order valence-electron chi connectivity index (χ0n) is 12.6. The molecule has 0 aromatic carbocycles. The van der Waals surface area contributed by atoms with Crippen molar-refractivity contribution in [3.63, 3.8) is 0 Å². The molecule has 0 aromatic heterocycles. The van der Waals surface area contributed by atoms with E-state index in [0.29, 0.717) is 25.2 Å². The van der Waals surface area contributed by atoms with Gasteiger partial charge in [0, 0.05) is 6.04 Å². The highest BCUT2D eigenvalue weighted by atomic mass is 19.4. The summed E-state index contributed by atoms with van der Waals surface area (Å²) in [7, 11) is 0. The molecule has 3 N–H and O–H groups in total. The molecule has 1 amide bonds. The fraction of sp³-hybridized carbons (Fsp3) is 0.929. The predicted octanol–water partition coefficient (Wildman–Crippen LogP) is 2.37. The molecule has 3 atom stereocenters. The first-order valence-corrected chi connectivity index (χ1v) is 7.41. The van der Waals surface area contributed by atoms with Gasteiger partial charge in [-0.3, -0.25) is 4.79 Å². The lowest BCUT2D eigenvalue weighted by atomic mass is 9.92. The maximum atomic E-state index is 12.1. The van der Waals surface area contributed by atoms with E-state index in [-0.39, 0.29) is 11.9 Å². The number of alkyl halides is 3. The standard InChI is InChI=1S/C14H25F3N2O2/c1-9(2)6-12(18)13(20)19-10-4-3-5-11(7-10)21-8-14(15,16)17/h9-12H,3-8,18H2,1-2H3,(H,19,20)/t10?,11?,12-/m0/s1. The van der Waals surface area contributed by atoms with E-state index in [1.54, 1.807) is 0 Å². The molecule has 21 heavy (non-hydrogen) atoms. The largest absolute Gasteiger partial charge is 0.411 e. The Morgan fingerprint density at radius 3 is 2.62 bits per heavy atom. The van der Waals surface area contributed by atoms with Crippen LogP contribution in [0.3, 0.4) is 0 Å². The minimum atomic E-state index is -4.31. The van der Waals surface area contributed by atoms with E-state index < -0.39 is 24.9 Å². The van der Waals surface area contributed by atoms with Gasteiger partial charge in [0.1, 0.15) is 6.61 Å². The van der Waals surface area contributed by atoms with Gasteiger partial charge in [0.25, 0.3) is 0 Å². The highest BCUT2D eigenvalue weighted by molar-refractivity contribution is 5.81. The average molecular weight is 310 g/mol. The number of carbonyl (C=O) groups excluding carboxylic acids is 1. The minimum absolute atomic E-state index is 0.150. The Balaban J connectivity index is 2.37. The summed E-state index contributed by atoms with van der Waals surface area (Å²) in [6, 6.07) is -0.718. The fourth-order valence-corrected chi connectivity index (χ4v) is 2.56. The monoisotopic (exact) mass is 310 g/mol. The molecule has 0 aliphatic heterocycles. The topological polar surface area (TPSA) is 64.4 Å². The summed E-state index contributed by atoms with van der Waals surface area (Å²) in [6.07, 6.45) is -1.66. The third-order valence-electron chi connectivity index (χ3n) is 3.52. The Kier molecular flexibility index (Phi) is 6.93. The molecular formula is C14H25F3N2O2. The maximum Gasteiger partial charge on any atom is 0.411 e. The summed E-state index contributed by atoms with van der Waals surface area (Å²) in [4.78, 5) is 11.9. The van der Waals surface area contributed by atoms with Crippen molar-refractivity contribution in [3.8, 4) is 0 Å². The molecule has 4 nitrogen and oxygen atoms in total. The third-order valence-corrected chi connectivity index (χ3v) is 3.52. The van der Waals surface area contributed by atoms with E-state index in [4.69, 9.17) is 10.5 Å². The Morgan fingerprint density at radius 2 is 2.05 bits per heavy atom. The van der Waals surface area contributed by atoms with Crippen LogP contribution < -0.4 is 11.1 Å². The van der Waals surface area contributed by atoms with E-state index in [1.165, 1.54) is 0 Å². The molecule has 1 aliphatic rings. The zero-order valence-corrected chi connectivity index (χ0v) is 12.6. The first-order chi connectivity index (χ1) is 9.67. The number of nitrogens with two attached hydrogens (primary N) is 1. The summed E-state index contributed by atoms with van der Waals surface area (Å²) >= 11 is 0. The van der Waals surface area contributed by atoms with Gasteiger partial charge in [0.15, 0.2) is 0 Å². The van der Waals surface area contributed by atoms with Crippen LogP contribution in [-0.2, 0) is 9.53 Å². The summed E-state index contributed by atoms with van der Waals surface area (Å²) < 4.78 is 41.3. The molecule has 2 unspecified atom stereocenters. The van der Waals surface area contributed by atoms with Crippen molar-refractivity contribution in [1.82, 2.24) is 5.32 Å². The van der Waals surface area contributed by atoms with Crippen LogP contribution in [0.1, 0.15) is 46.0 Å². The number of nitrogens with one attached hydrogen (secondary N) is 1. The van der Waals surface area contributed by atoms with Gasteiger partial charge in [-0.15, -0.1) is 0 Å². The van der Waals surface area contributed by atoms with Crippen molar-refractivity contribution in [2.75, 3.05) is 6.61 Å². The molecule has 0 aromatic rings. The molecule has 0 radical (unpaired) electrons. The summed E-state index contributed by atoms with van der Waals surface area (Å²) in [6.45, 7) is 2.73. The zero-order chi connectivity index (χ0) is 16.0. The second kappa shape index (κ2) is 7.98. The van der Waals surface area contributed by atoms with Crippen molar-refractivity contribution in [2.45, 2.75) is 70.3 Å². The Morgan fingerprint density at radius 1 is 1.38 bits per heavy atom. The van der Waals surface area contributed by atoms with Crippen molar-refractivity contribution in [1.29, 1.82) is 0 Å². The second-order valence-electron chi connectivity index (χ2n) is 6.16. The number of halogens is 3. The van der Waals surface area contributed by atoms with Gasteiger partial charge in [0.2, 0.25) is 5.91 Å². The summed E-state index contributed by atoms with van der Waals surface area (Å²) in [5.74, 6) is 0.0881. The van der Waals surface area contributed by atoms with Crippen molar-refractivity contribution >= 4 is 5.91 Å². The molecule has 0 bridgehead atoms. The van der Waals surface area contributed by atoms with E-state index >= 15 is 0 Å². The van der Waals surface area contributed by atoms with Crippen LogP contribution in [0.2, 0.25) is 0 Å². The molecule has 0 spiro atoms. The number of rotatable bonds is 6. The normalized spacial score (nSPS) is 24.9. The van der Waals surface area contributed by atoms with Crippen LogP contribution >= 0.6 is 0 Å². The molecule has 1 aliphatic carbocycles. The lowest BCUT2D eigenvalue weighted by Crippen LogP contribution is -2.48. The predicted molar refractivity (Wildman–Crippen MR) is 73.6 cm³/mol. The van der Waals surface area contributed by atoms with Gasteiger partial charge in [-0.2, -0.15) is 13.2 Å². The second-order valence-corrected chi connectivity index (χ2v) is 6.16. The molecule has 1 rings (SSSR count). The number of hydrogen-bond acceptors (Lipinski definition) is 3. The van der Waals surface area contributed by atoms with Crippen molar-refractivity contribution in [3.05, 3.63) is 0 Å². The minimum Gasteiger partial charge on any atom is -0.369 e. The molecule has 7 heteroatoms. The summed E-state index contributed by atoms with van der Waals surface area (Å²) in [5, 5.41) is 2.83. The number of amides is 1. The van der Waals surface area contributed by atoms with Gasteiger partial charge < -0.3 is 15.8 Å². The first kappa shape index (κ1) is 18.2. The maximum absolute atomic E-state index is 12.1. The first-order valence-electron chi connectivity index (χ1n) is 7.41. The van der Waals surface area contributed by atoms with Crippen LogP contribution in [0.4, 0.5) is 13.2 Å². The van der Waals surface area contributed by atoms with E-state index in [2.05, 4.69) is 5.32 Å². The van der Waals surface area contributed by atoms with E-state index in [9.17, 15) is 18.0 Å². The van der Waals surface area contributed by atoms with Gasteiger partial charge in [0.05, 0.1) is 12.1 Å². The number of carbonyl (C=O) groups is 1. The highest BCUT2D eigenvalue weighted by Gasteiger charge is 2.31. The van der Waals surface area contributed by atoms with Crippen LogP contribution in [0.5, 0.6) is 0 Å². The SMILES string of the molecule is CC(C)C[C@H](N)C(=O)NC1CCCC(OCC(F)(F)F)C1. The lowest BCUT2D eigenvalue weighted by Gasteiger charge is -2.30. The van der Waals surface area contributed by atoms with Crippen LogP contribution in [-0.4, -0.2) is 36.9 Å². The van der Waals surface area contributed by atoms with Gasteiger partial charge in [-0.1, -0.05) is 13.8 Å².